The second-order valence-electron chi connectivity index (χ2n) is 4.94. The Bertz CT molecular complexity index is 502. The van der Waals surface area contributed by atoms with E-state index in [1.165, 1.54) is 0 Å². The molecule has 1 aromatic rings. The van der Waals surface area contributed by atoms with Crippen molar-refractivity contribution >= 4 is 17.4 Å². The van der Waals surface area contributed by atoms with Crippen LogP contribution in [0, 0.1) is 0 Å². The van der Waals surface area contributed by atoms with Crippen LogP contribution < -0.4 is 0 Å². The molecule has 0 atom stereocenters. The Labute approximate surface area is 106 Å². The van der Waals surface area contributed by atoms with Crippen LogP contribution in [0.5, 0.6) is 0 Å². The van der Waals surface area contributed by atoms with Gasteiger partial charge in [0, 0.05) is 35.7 Å². The van der Waals surface area contributed by atoms with Crippen molar-refractivity contribution in [1.29, 1.82) is 0 Å². The van der Waals surface area contributed by atoms with Crippen LogP contribution in [0.3, 0.4) is 0 Å². The summed E-state index contributed by atoms with van der Waals surface area (Å²) in [5, 5.41) is 0. The minimum Gasteiger partial charge on any atom is -0.305 e. The van der Waals surface area contributed by atoms with Crippen LogP contribution in [0.15, 0.2) is 30.8 Å². The van der Waals surface area contributed by atoms with Crippen LogP contribution in [0.1, 0.15) is 41.6 Å². The fourth-order valence-electron chi connectivity index (χ4n) is 2.87. The van der Waals surface area contributed by atoms with Gasteiger partial charge in [-0.2, -0.15) is 0 Å². The van der Waals surface area contributed by atoms with E-state index in [1.807, 2.05) is 24.3 Å². The molecule has 0 saturated heterocycles. The number of Topliss-reactive ketones (excluding diaryl/α,β-unsaturated/α-hetero) is 1. The van der Waals surface area contributed by atoms with Crippen molar-refractivity contribution in [2.45, 2.75) is 31.7 Å². The van der Waals surface area contributed by atoms with Crippen molar-refractivity contribution in [2.24, 2.45) is 0 Å². The van der Waals surface area contributed by atoms with E-state index in [2.05, 4.69) is 6.58 Å². The van der Waals surface area contributed by atoms with Crippen molar-refractivity contribution in [3.63, 3.8) is 0 Å². The summed E-state index contributed by atoms with van der Waals surface area (Å²) in [5.74, 6) is 0.343. The van der Waals surface area contributed by atoms with Gasteiger partial charge in [-0.05, 0) is 18.9 Å². The lowest BCUT2D eigenvalue weighted by atomic mass is 9.93. The second-order valence-corrected chi connectivity index (χ2v) is 4.94. The normalized spacial score (nSPS) is 20.4. The van der Waals surface area contributed by atoms with Crippen LogP contribution in [-0.4, -0.2) is 22.6 Å². The lowest BCUT2D eigenvalue weighted by Gasteiger charge is -2.31. The first-order valence-electron chi connectivity index (χ1n) is 6.32. The average molecular weight is 241 g/mol. The molecule has 1 saturated carbocycles. The van der Waals surface area contributed by atoms with Gasteiger partial charge in [-0.25, -0.2) is 0 Å². The van der Waals surface area contributed by atoms with Gasteiger partial charge in [-0.15, -0.1) is 0 Å². The quantitative estimate of drug-likeness (QED) is 0.758. The van der Waals surface area contributed by atoms with E-state index < -0.39 is 0 Å². The topological polar surface area (TPSA) is 37.4 Å². The van der Waals surface area contributed by atoms with E-state index in [9.17, 15) is 9.59 Å². The largest absolute Gasteiger partial charge is 0.305 e. The summed E-state index contributed by atoms with van der Waals surface area (Å²) in [6.45, 7) is 4.04. The van der Waals surface area contributed by atoms with E-state index in [1.54, 1.807) is 4.90 Å². The zero-order chi connectivity index (χ0) is 12.7. The SMILES string of the molecule is C=C1c2ccccc2C(=O)N1C1CCC(=O)CC1. The molecule has 1 aliphatic heterocycles. The fraction of sp³-hybridized carbons (Fsp3) is 0.333. The highest BCUT2D eigenvalue weighted by Crippen LogP contribution is 2.36. The molecule has 1 aliphatic carbocycles. The third-order valence-corrected chi connectivity index (χ3v) is 3.86. The number of amides is 1. The molecule has 3 heteroatoms. The standard InChI is InChI=1S/C15H15NO2/c1-10-13-4-2-3-5-14(13)15(18)16(10)11-6-8-12(17)9-7-11/h2-5,11H,1,6-9H2. The molecule has 1 aromatic carbocycles. The Morgan fingerprint density at radius 2 is 1.67 bits per heavy atom. The minimum atomic E-state index is 0.0370. The zero-order valence-electron chi connectivity index (χ0n) is 10.2. The molecule has 0 bridgehead atoms. The van der Waals surface area contributed by atoms with Crippen molar-refractivity contribution in [2.75, 3.05) is 0 Å². The van der Waals surface area contributed by atoms with Gasteiger partial charge in [0.1, 0.15) is 5.78 Å². The van der Waals surface area contributed by atoms with Gasteiger partial charge < -0.3 is 4.90 Å². The van der Waals surface area contributed by atoms with Gasteiger partial charge in [0.05, 0.1) is 0 Å². The van der Waals surface area contributed by atoms with Gasteiger partial charge >= 0.3 is 0 Å². The van der Waals surface area contributed by atoms with Crippen LogP contribution in [0.2, 0.25) is 0 Å². The highest BCUT2D eigenvalue weighted by Gasteiger charge is 2.36. The molecule has 3 rings (SSSR count). The van der Waals surface area contributed by atoms with E-state index in [-0.39, 0.29) is 11.9 Å². The summed E-state index contributed by atoms with van der Waals surface area (Å²) >= 11 is 0. The molecule has 0 spiro atoms. The van der Waals surface area contributed by atoms with Crippen molar-refractivity contribution < 1.29 is 9.59 Å². The molecule has 92 valence electrons. The Kier molecular flexibility index (Phi) is 2.54. The van der Waals surface area contributed by atoms with E-state index in [4.69, 9.17) is 0 Å². The van der Waals surface area contributed by atoms with E-state index in [0.717, 1.165) is 29.7 Å². The maximum absolute atomic E-state index is 12.4. The van der Waals surface area contributed by atoms with Crippen molar-refractivity contribution in [3.8, 4) is 0 Å². The molecule has 1 fully saturated rings. The molecule has 3 nitrogen and oxygen atoms in total. The molecule has 0 radical (unpaired) electrons. The number of hydrogen-bond acceptors (Lipinski definition) is 2. The van der Waals surface area contributed by atoms with Crippen LogP contribution >= 0.6 is 0 Å². The summed E-state index contributed by atoms with van der Waals surface area (Å²) in [6, 6.07) is 7.71. The molecule has 0 N–H and O–H groups in total. The molecule has 1 amide bonds. The molecular formula is C15H15NO2. The molecule has 18 heavy (non-hydrogen) atoms. The third kappa shape index (κ3) is 1.58. The maximum atomic E-state index is 12.4. The lowest BCUT2D eigenvalue weighted by molar-refractivity contribution is -0.120. The molecule has 1 heterocycles. The smallest absolute Gasteiger partial charge is 0.259 e. The second kappa shape index (κ2) is 4.09. The third-order valence-electron chi connectivity index (χ3n) is 3.86. The maximum Gasteiger partial charge on any atom is 0.259 e. The lowest BCUT2D eigenvalue weighted by Crippen LogP contribution is -2.37. The van der Waals surface area contributed by atoms with Gasteiger partial charge in [-0.1, -0.05) is 24.8 Å². The van der Waals surface area contributed by atoms with E-state index >= 15 is 0 Å². The zero-order valence-corrected chi connectivity index (χ0v) is 10.2. The minimum absolute atomic E-state index is 0.0370. The Balaban J connectivity index is 1.90. The number of ketones is 1. The first-order valence-corrected chi connectivity index (χ1v) is 6.32. The van der Waals surface area contributed by atoms with Gasteiger partial charge in [-0.3, -0.25) is 9.59 Å². The molecule has 2 aliphatic rings. The van der Waals surface area contributed by atoms with Crippen molar-refractivity contribution in [1.82, 2.24) is 4.90 Å². The van der Waals surface area contributed by atoms with Crippen LogP contribution in [-0.2, 0) is 4.79 Å². The molecular weight excluding hydrogens is 226 g/mol. The predicted molar refractivity (Wildman–Crippen MR) is 68.9 cm³/mol. The number of carbonyl (C=O) groups excluding carboxylic acids is 2. The summed E-state index contributed by atoms with van der Waals surface area (Å²) in [7, 11) is 0. The number of rotatable bonds is 1. The molecule has 0 unspecified atom stereocenters. The summed E-state index contributed by atoms with van der Waals surface area (Å²) < 4.78 is 0. The van der Waals surface area contributed by atoms with E-state index in [0.29, 0.717) is 18.6 Å². The Hall–Kier alpha value is -1.90. The molecule has 0 aromatic heterocycles. The summed E-state index contributed by atoms with van der Waals surface area (Å²) in [4.78, 5) is 25.4. The average Bonchev–Trinajstić information content (AvgIpc) is 2.64. The predicted octanol–water partition coefficient (Wildman–Crippen LogP) is 2.62. The highest BCUT2D eigenvalue weighted by molar-refractivity contribution is 6.09. The number of benzene rings is 1. The highest BCUT2D eigenvalue weighted by atomic mass is 16.2. The Morgan fingerprint density at radius 3 is 2.28 bits per heavy atom. The number of hydrogen-bond donors (Lipinski definition) is 0. The Morgan fingerprint density at radius 1 is 1.06 bits per heavy atom. The number of carbonyl (C=O) groups is 2. The monoisotopic (exact) mass is 241 g/mol. The summed E-state index contributed by atoms with van der Waals surface area (Å²) in [6.07, 6.45) is 2.69. The summed E-state index contributed by atoms with van der Waals surface area (Å²) in [5.41, 5.74) is 2.45. The fourth-order valence-corrected chi connectivity index (χ4v) is 2.87. The first-order chi connectivity index (χ1) is 8.68. The first kappa shape index (κ1) is 11.2. The van der Waals surface area contributed by atoms with Crippen LogP contribution in [0.4, 0.5) is 0 Å². The van der Waals surface area contributed by atoms with Crippen molar-refractivity contribution in [3.05, 3.63) is 42.0 Å². The van der Waals surface area contributed by atoms with Gasteiger partial charge in [0.25, 0.3) is 5.91 Å². The number of fused-ring (bicyclic) bond motifs is 1. The van der Waals surface area contributed by atoms with Gasteiger partial charge in [0.15, 0.2) is 0 Å². The van der Waals surface area contributed by atoms with Crippen LogP contribution in [0.25, 0.3) is 5.70 Å². The van der Waals surface area contributed by atoms with Gasteiger partial charge in [0.2, 0.25) is 0 Å². The number of nitrogens with zero attached hydrogens (tertiary/aromatic N) is 1.